The summed E-state index contributed by atoms with van der Waals surface area (Å²) in [6.07, 6.45) is 8.47. The van der Waals surface area contributed by atoms with Gasteiger partial charge in [-0.05, 0) is 45.8 Å². The zero-order chi connectivity index (χ0) is 12.9. The van der Waals surface area contributed by atoms with Gasteiger partial charge in [0.05, 0.1) is 0 Å². The average molecular weight is 253 g/mol. The van der Waals surface area contributed by atoms with Crippen molar-refractivity contribution in [3.8, 4) is 0 Å². The van der Waals surface area contributed by atoms with E-state index in [0.29, 0.717) is 0 Å². The third kappa shape index (κ3) is 1.51. The van der Waals surface area contributed by atoms with E-state index in [4.69, 9.17) is 11.1 Å². The lowest BCUT2D eigenvalue weighted by molar-refractivity contribution is -0.110. The van der Waals surface area contributed by atoms with Gasteiger partial charge >= 0.3 is 0 Å². The van der Waals surface area contributed by atoms with Crippen molar-refractivity contribution < 1.29 is 5.41 Å². The van der Waals surface area contributed by atoms with Crippen LogP contribution in [0.5, 0.6) is 0 Å². The van der Waals surface area contributed by atoms with Gasteiger partial charge in [-0.3, -0.25) is 5.41 Å². The molecule has 90 valence electrons. The minimum atomic E-state index is -1.69. The molecule has 1 aromatic carbocycles. The first-order valence-corrected chi connectivity index (χ1v) is 9.13. The maximum Gasteiger partial charge on any atom is 0.196 e. The number of nitrogen functional groups attached to an aromatic ring is 1. The maximum absolute atomic E-state index is 5.94. The Morgan fingerprint density at radius 2 is 1.89 bits per heavy atom. The van der Waals surface area contributed by atoms with Crippen LogP contribution in [0, 0.1) is 0 Å². The molecule has 1 heterocycles. The molecule has 0 aromatic heterocycles. The summed E-state index contributed by atoms with van der Waals surface area (Å²) < 4.78 is 0. The molecular formula is C15H17N2Si+. The van der Waals surface area contributed by atoms with E-state index in [1.54, 1.807) is 0 Å². The number of rotatable bonds is 0. The lowest BCUT2D eigenvalue weighted by Crippen LogP contribution is -2.49. The molecule has 0 saturated heterocycles. The quantitative estimate of drug-likeness (QED) is 0.522. The fourth-order valence-corrected chi connectivity index (χ4v) is 5.89. The van der Waals surface area contributed by atoms with Gasteiger partial charge in [0.1, 0.15) is 8.07 Å². The third-order valence-electron chi connectivity index (χ3n) is 3.81. The molecule has 0 spiro atoms. The monoisotopic (exact) mass is 253 g/mol. The van der Waals surface area contributed by atoms with Crippen LogP contribution in [-0.4, -0.2) is 13.8 Å². The molecule has 2 aliphatic rings. The molecule has 3 rings (SSSR count). The lowest BCUT2D eigenvalue weighted by atomic mass is 10.0. The molecule has 0 saturated carbocycles. The highest BCUT2D eigenvalue weighted by Gasteiger charge is 2.36. The summed E-state index contributed by atoms with van der Waals surface area (Å²) in [6, 6.07) is 6.23. The predicted octanol–water partition coefficient (Wildman–Crippen LogP) is 0.817. The van der Waals surface area contributed by atoms with Gasteiger partial charge < -0.3 is 5.73 Å². The molecular weight excluding hydrogens is 236 g/mol. The van der Waals surface area contributed by atoms with E-state index in [1.165, 1.54) is 21.5 Å². The van der Waals surface area contributed by atoms with Crippen LogP contribution in [0.15, 0.2) is 47.2 Å². The zero-order valence-electron chi connectivity index (χ0n) is 10.7. The van der Waals surface area contributed by atoms with Gasteiger partial charge in [0, 0.05) is 17.8 Å². The van der Waals surface area contributed by atoms with Crippen LogP contribution in [0.1, 0.15) is 5.56 Å². The second kappa shape index (κ2) is 3.56. The zero-order valence-corrected chi connectivity index (χ0v) is 11.7. The molecule has 18 heavy (non-hydrogen) atoms. The van der Waals surface area contributed by atoms with Crippen molar-refractivity contribution in [2.24, 2.45) is 0 Å². The molecule has 0 unspecified atom stereocenters. The third-order valence-corrected chi connectivity index (χ3v) is 7.37. The molecule has 4 N–H and O–H groups in total. The van der Waals surface area contributed by atoms with Crippen molar-refractivity contribution >= 4 is 30.7 Å². The molecule has 2 nitrogen and oxygen atoms in total. The Morgan fingerprint density at radius 3 is 2.67 bits per heavy atom. The van der Waals surface area contributed by atoms with Gasteiger partial charge in [-0.1, -0.05) is 19.2 Å². The highest BCUT2D eigenvalue weighted by atomic mass is 28.3. The first-order valence-electron chi connectivity index (χ1n) is 6.13. The number of hydrogen-bond acceptors (Lipinski definition) is 1. The molecule has 1 aliphatic heterocycles. The van der Waals surface area contributed by atoms with E-state index in [0.717, 1.165) is 11.4 Å². The number of anilines is 1. The molecule has 0 fully saturated rings. The smallest absolute Gasteiger partial charge is 0.196 e. The summed E-state index contributed by atoms with van der Waals surface area (Å²) in [5.74, 6) is 0. The summed E-state index contributed by atoms with van der Waals surface area (Å²) in [5.41, 5.74) is 10.2. The molecule has 0 radical (unpaired) electrons. The first-order chi connectivity index (χ1) is 8.48. The van der Waals surface area contributed by atoms with Crippen molar-refractivity contribution in [1.29, 1.82) is 0 Å². The minimum absolute atomic E-state index is 0.843. The van der Waals surface area contributed by atoms with Gasteiger partial charge in [0.25, 0.3) is 0 Å². The first kappa shape index (κ1) is 11.2. The highest BCUT2D eigenvalue weighted by Crippen LogP contribution is 2.33. The van der Waals surface area contributed by atoms with Crippen LogP contribution in [0.25, 0.3) is 6.08 Å². The number of fused-ring (bicyclic) bond motifs is 2. The normalized spacial score (nSPS) is 19.8. The summed E-state index contributed by atoms with van der Waals surface area (Å²) >= 11 is 0. The summed E-state index contributed by atoms with van der Waals surface area (Å²) in [7, 11) is -1.69. The number of allylic oxidation sites excluding steroid dienone is 5. The summed E-state index contributed by atoms with van der Waals surface area (Å²) in [5, 5.41) is 8.74. The molecule has 0 bridgehead atoms. The van der Waals surface area contributed by atoms with E-state index < -0.39 is 8.07 Å². The highest BCUT2D eigenvalue weighted by molar-refractivity contribution is 6.97. The van der Waals surface area contributed by atoms with Crippen LogP contribution in [0.2, 0.25) is 13.1 Å². The minimum Gasteiger partial charge on any atom is -0.399 e. The molecule has 3 heteroatoms. The van der Waals surface area contributed by atoms with Crippen LogP contribution >= 0.6 is 0 Å². The topological polar surface area (TPSA) is 51.6 Å². The SMILES string of the molecule is C[Si]1(C)C2=CC(=[NH2+])C=CC2=Cc2ccc(N)cc21. The predicted molar refractivity (Wildman–Crippen MR) is 80.1 cm³/mol. The maximum atomic E-state index is 5.94. The fraction of sp³-hybridized carbons (Fsp3) is 0.133. The Balaban J connectivity index is 2.30. The van der Waals surface area contributed by atoms with E-state index in [1.807, 2.05) is 12.1 Å². The van der Waals surface area contributed by atoms with Gasteiger partial charge in [-0.15, -0.1) is 0 Å². The van der Waals surface area contributed by atoms with Gasteiger partial charge in [0.2, 0.25) is 0 Å². The Morgan fingerprint density at radius 1 is 1.11 bits per heavy atom. The van der Waals surface area contributed by atoms with Crippen molar-refractivity contribution in [3.63, 3.8) is 0 Å². The van der Waals surface area contributed by atoms with Crippen LogP contribution in [0.3, 0.4) is 0 Å². The van der Waals surface area contributed by atoms with E-state index in [2.05, 4.69) is 43.5 Å². The van der Waals surface area contributed by atoms with Gasteiger partial charge in [-0.25, -0.2) is 0 Å². The Bertz CT molecular complexity index is 648. The second-order valence-corrected chi connectivity index (χ2v) is 9.79. The average Bonchev–Trinajstić information content (AvgIpc) is 2.32. The van der Waals surface area contributed by atoms with E-state index in [-0.39, 0.29) is 0 Å². The van der Waals surface area contributed by atoms with E-state index in [9.17, 15) is 0 Å². The molecule has 0 amide bonds. The number of benzene rings is 1. The molecule has 0 atom stereocenters. The van der Waals surface area contributed by atoms with Crippen molar-refractivity contribution in [1.82, 2.24) is 0 Å². The molecule has 1 aromatic rings. The Labute approximate surface area is 108 Å². The standard InChI is InChI=1S/C15H16N2Si/c1-18(2)14-8-12(16)5-3-10(14)7-11-4-6-13(17)9-15(11)18/h3-9,16H,17H2,1-2H3/p+1. The van der Waals surface area contributed by atoms with Crippen LogP contribution in [0.4, 0.5) is 5.69 Å². The second-order valence-electron chi connectivity index (χ2n) is 5.46. The van der Waals surface area contributed by atoms with Crippen molar-refractivity contribution in [2.75, 3.05) is 5.73 Å². The molecule has 1 aliphatic carbocycles. The largest absolute Gasteiger partial charge is 0.399 e. The Hall–Kier alpha value is -1.87. The van der Waals surface area contributed by atoms with E-state index >= 15 is 0 Å². The van der Waals surface area contributed by atoms with Crippen LogP contribution in [-0.2, 0) is 0 Å². The van der Waals surface area contributed by atoms with Crippen LogP contribution < -0.4 is 16.3 Å². The van der Waals surface area contributed by atoms with Crippen molar-refractivity contribution in [2.45, 2.75) is 13.1 Å². The van der Waals surface area contributed by atoms with Gasteiger partial charge in [-0.2, -0.15) is 0 Å². The number of hydrogen-bond donors (Lipinski definition) is 2. The Kier molecular flexibility index (Phi) is 2.22. The summed E-state index contributed by atoms with van der Waals surface area (Å²) in [6.45, 7) is 4.72. The van der Waals surface area contributed by atoms with Crippen molar-refractivity contribution in [3.05, 3.63) is 52.8 Å². The van der Waals surface area contributed by atoms with Gasteiger partial charge in [0.15, 0.2) is 5.71 Å². The lowest BCUT2D eigenvalue weighted by Gasteiger charge is -2.34. The summed E-state index contributed by atoms with van der Waals surface area (Å²) in [4.78, 5) is 0. The number of nitrogens with two attached hydrogens (primary N) is 2. The fourth-order valence-electron chi connectivity index (χ4n) is 2.79.